The quantitative estimate of drug-likeness (QED) is 0.282. The Labute approximate surface area is 217 Å². The Balaban J connectivity index is 1.67. The van der Waals surface area contributed by atoms with Crippen LogP contribution in [0.5, 0.6) is 0 Å². The van der Waals surface area contributed by atoms with Gasteiger partial charge < -0.3 is 14.8 Å². The largest absolute Gasteiger partial charge is 0.416 e. The third-order valence-corrected chi connectivity index (χ3v) is 6.99. The highest BCUT2D eigenvalue weighted by Gasteiger charge is 2.42. The van der Waals surface area contributed by atoms with E-state index in [4.69, 9.17) is 23.8 Å². The molecule has 5 rings (SSSR count). The molecule has 0 bridgehead atoms. The van der Waals surface area contributed by atoms with E-state index in [9.17, 15) is 13.2 Å². The molecule has 2 aromatic carbocycles. The van der Waals surface area contributed by atoms with Gasteiger partial charge in [-0.15, -0.1) is 0 Å². The van der Waals surface area contributed by atoms with Gasteiger partial charge in [0.05, 0.1) is 23.3 Å². The van der Waals surface area contributed by atoms with Gasteiger partial charge in [0.15, 0.2) is 5.11 Å². The highest BCUT2D eigenvalue weighted by Crippen LogP contribution is 2.44. The SMILES string of the molecule is Cc1cc(C2C(c3ccccn3)NC(=S)N2c2ccc(Cl)cc2)c(C)n1-c1cccc(C(F)(F)F)c1. The van der Waals surface area contributed by atoms with E-state index in [0.29, 0.717) is 15.8 Å². The van der Waals surface area contributed by atoms with Crippen LogP contribution in [0.25, 0.3) is 5.69 Å². The smallest absolute Gasteiger partial charge is 0.351 e. The molecule has 4 aromatic rings. The van der Waals surface area contributed by atoms with Crippen molar-refractivity contribution >= 4 is 34.6 Å². The molecule has 0 radical (unpaired) electrons. The van der Waals surface area contributed by atoms with E-state index in [2.05, 4.69) is 10.3 Å². The number of alkyl halides is 3. The maximum Gasteiger partial charge on any atom is 0.416 e. The number of anilines is 1. The lowest BCUT2D eigenvalue weighted by atomic mass is 9.96. The third-order valence-electron chi connectivity index (χ3n) is 6.42. The molecule has 1 saturated heterocycles. The summed E-state index contributed by atoms with van der Waals surface area (Å²) in [6.07, 6.45) is -2.70. The summed E-state index contributed by atoms with van der Waals surface area (Å²) in [4.78, 5) is 6.58. The standard InChI is InChI=1S/C27H22ClF3N4S/c1-16-14-22(17(2)34(16)21-7-5-6-18(15-21)27(29,30)31)25-24(23-8-3-4-13-32-23)33-26(36)35(25)20-11-9-19(28)10-12-20/h3-15,24-25H,1-2H3,(H,33,36). The van der Waals surface area contributed by atoms with Gasteiger partial charge in [0, 0.05) is 34.0 Å². The van der Waals surface area contributed by atoms with Crippen molar-refractivity contribution in [1.82, 2.24) is 14.9 Å². The first-order valence-electron chi connectivity index (χ1n) is 11.3. The number of benzene rings is 2. The van der Waals surface area contributed by atoms with Crippen molar-refractivity contribution in [2.45, 2.75) is 32.1 Å². The van der Waals surface area contributed by atoms with Gasteiger partial charge >= 0.3 is 6.18 Å². The number of nitrogens with one attached hydrogen (secondary N) is 1. The monoisotopic (exact) mass is 526 g/mol. The highest BCUT2D eigenvalue weighted by molar-refractivity contribution is 7.80. The van der Waals surface area contributed by atoms with Crippen LogP contribution in [-0.4, -0.2) is 14.7 Å². The topological polar surface area (TPSA) is 33.1 Å². The van der Waals surface area contributed by atoms with Gasteiger partial charge in [-0.1, -0.05) is 23.7 Å². The normalized spacial score (nSPS) is 17.9. The van der Waals surface area contributed by atoms with Crippen LogP contribution in [0.3, 0.4) is 0 Å². The zero-order valence-corrected chi connectivity index (χ0v) is 21.0. The number of thiocarbonyl (C=S) groups is 1. The van der Waals surface area contributed by atoms with Gasteiger partial charge in [-0.25, -0.2) is 0 Å². The van der Waals surface area contributed by atoms with Gasteiger partial charge in [-0.3, -0.25) is 4.98 Å². The zero-order valence-electron chi connectivity index (χ0n) is 19.4. The molecule has 1 aliphatic rings. The van der Waals surface area contributed by atoms with E-state index in [1.54, 1.807) is 24.4 Å². The average molecular weight is 527 g/mol. The second-order valence-corrected chi connectivity index (χ2v) is 9.51. The van der Waals surface area contributed by atoms with E-state index in [1.165, 1.54) is 12.1 Å². The van der Waals surface area contributed by atoms with Gasteiger partial charge in [0.25, 0.3) is 0 Å². The first-order chi connectivity index (χ1) is 17.1. The minimum atomic E-state index is -4.43. The molecule has 184 valence electrons. The summed E-state index contributed by atoms with van der Waals surface area (Å²) in [6.45, 7) is 3.80. The Bertz CT molecular complexity index is 1420. The number of nitrogens with zero attached hydrogens (tertiary/aromatic N) is 3. The van der Waals surface area contributed by atoms with Crippen LogP contribution in [0.2, 0.25) is 5.02 Å². The van der Waals surface area contributed by atoms with E-state index in [1.807, 2.05) is 59.7 Å². The molecule has 0 saturated carbocycles. The van der Waals surface area contributed by atoms with Crippen molar-refractivity contribution in [3.05, 3.63) is 112 Å². The number of pyridine rings is 1. The summed E-state index contributed by atoms with van der Waals surface area (Å²) in [6, 6.07) is 19.9. The number of rotatable bonds is 4. The fourth-order valence-corrected chi connectivity index (χ4v) is 5.33. The zero-order chi connectivity index (χ0) is 25.6. The van der Waals surface area contributed by atoms with E-state index in [0.717, 1.165) is 34.4 Å². The van der Waals surface area contributed by atoms with Crippen molar-refractivity contribution in [1.29, 1.82) is 0 Å². The number of hydrogen-bond acceptors (Lipinski definition) is 2. The fourth-order valence-electron chi connectivity index (χ4n) is 4.86. The first kappa shape index (κ1) is 24.3. The first-order valence-corrected chi connectivity index (χ1v) is 12.1. The van der Waals surface area contributed by atoms with Crippen molar-refractivity contribution in [2.24, 2.45) is 0 Å². The van der Waals surface area contributed by atoms with Crippen LogP contribution in [-0.2, 0) is 6.18 Å². The van der Waals surface area contributed by atoms with Gasteiger partial charge in [0.1, 0.15) is 0 Å². The van der Waals surface area contributed by atoms with Crippen molar-refractivity contribution in [2.75, 3.05) is 4.90 Å². The molecule has 9 heteroatoms. The summed E-state index contributed by atoms with van der Waals surface area (Å²) in [5.41, 5.74) is 4.00. The molecule has 1 aliphatic heterocycles. The van der Waals surface area contributed by atoms with Crippen LogP contribution in [0.4, 0.5) is 18.9 Å². The van der Waals surface area contributed by atoms with Crippen LogP contribution >= 0.6 is 23.8 Å². The summed E-state index contributed by atoms with van der Waals surface area (Å²) >= 11 is 11.9. The predicted molar refractivity (Wildman–Crippen MR) is 140 cm³/mol. The Morgan fingerprint density at radius 3 is 2.36 bits per heavy atom. The summed E-state index contributed by atoms with van der Waals surface area (Å²) < 4.78 is 42.1. The van der Waals surface area contributed by atoms with Gasteiger partial charge in [-0.2, -0.15) is 13.2 Å². The number of hydrogen-bond donors (Lipinski definition) is 1. The lowest BCUT2D eigenvalue weighted by Gasteiger charge is -2.28. The van der Waals surface area contributed by atoms with Gasteiger partial charge in [-0.05, 0) is 92.3 Å². The maximum absolute atomic E-state index is 13.4. The fraction of sp³-hybridized carbons (Fsp3) is 0.185. The molecule has 1 N–H and O–H groups in total. The highest BCUT2D eigenvalue weighted by atomic mass is 35.5. The molecule has 4 nitrogen and oxygen atoms in total. The minimum Gasteiger partial charge on any atom is -0.351 e. The minimum absolute atomic E-state index is 0.273. The van der Waals surface area contributed by atoms with Gasteiger partial charge in [0.2, 0.25) is 0 Å². The van der Waals surface area contributed by atoms with Crippen molar-refractivity contribution in [3.8, 4) is 5.69 Å². The molecular weight excluding hydrogens is 505 g/mol. The van der Waals surface area contributed by atoms with E-state index < -0.39 is 11.7 Å². The third kappa shape index (κ3) is 4.35. The van der Waals surface area contributed by atoms with Crippen LogP contribution in [0.1, 0.15) is 40.3 Å². The molecule has 0 amide bonds. The Kier molecular flexibility index (Phi) is 6.26. The number of halogens is 4. The average Bonchev–Trinajstić information content (AvgIpc) is 3.35. The van der Waals surface area contributed by atoms with Crippen molar-refractivity contribution < 1.29 is 13.2 Å². The molecule has 0 aliphatic carbocycles. The molecular formula is C27H22ClF3N4S. The van der Waals surface area contributed by atoms with Crippen LogP contribution in [0, 0.1) is 13.8 Å². The Morgan fingerprint density at radius 2 is 1.69 bits per heavy atom. The van der Waals surface area contributed by atoms with E-state index >= 15 is 0 Å². The maximum atomic E-state index is 13.4. The Hall–Kier alpha value is -3.36. The number of aryl methyl sites for hydroxylation is 1. The summed E-state index contributed by atoms with van der Waals surface area (Å²) in [5, 5.41) is 4.55. The van der Waals surface area contributed by atoms with Crippen LogP contribution in [0.15, 0.2) is 79.0 Å². The second-order valence-electron chi connectivity index (χ2n) is 8.68. The molecule has 3 heterocycles. The van der Waals surface area contributed by atoms with Crippen molar-refractivity contribution in [3.63, 3.8) is 0 Å². The molecule has 0 spiro atoms. The summed E-state index contributed by atoms with van der Waals surface area (Å²) in [5.74, 6) is 0. The van der Waals surface area contributed by atoms with Crippen LogP contribution < -0.4 is 10.2 Å². The number of aromatic nitrogens is 2. The lowest BCUT2D eigenvalue weighted by molar-refractivity contribution is -0.137. The second kappa shape index (κ2) is 9.26. The molecule has 36 heavy (non-hydrogen) atoms. The Morgan fingerprint density at radius 1 is 0.944 bits per heavy atom. The molecule has 2 aromatic heterocycles. The molecule has 2 unspecified atom stereocenters. The predicted octanol–water partition coefficient (Wildman–Crippen LogP) is 7.34. The van der Waals surface area contributed by atoms with E-state index in [-0.39, 0.29) is 12.1 Å². The molecule has 1 fully saturated rings. The lowest BCUT2D eigenvalue weighted by Crippen LogP contribution is -2.29. The molecule has 2 atom stereocenters. The summed E-state index contributed by atoms with van der Waals surface area (Å²) in [7, 11) is 0.